The Bertz CT molecular complexity index is 155. The van der Waals surface area contributed by atoms with E-state index in [-0.39, 0.29) is 0 Å². The maximum Gasteiger partial charge on any atom is 0.00726 e. The Hall–Kier alpha value is -0.0400. The van der Waals surface area contributed by atoms with Crippen LogP contribution in [0.5, 0.6) is 0 Å². The Balaban J connectivity index is 1.76. The van der Waals surface area contributed by atoms with Gasteiger partial charge in [-0.3, -0.25) is 0 Å². The summed E-state index contributed by atoms with van der Waals surface area (Å²) in [6, 6.07) is 0.535. The molecule has 0 amide bonds. The molecule has 13 heavy (non-hydrogen) atoms. The van der Waals surface area contributed by atoms with Gasteiger partial charge in [-0.15, -0.1) is 0 Å². The summed E-state index contributed by atoms with van der Waals surface area (Å²) in [6.07, 6.45) is 9.81. The highest BCUT2D eigenvalue weighted by atomic mass is 14.7. The van der Waals surface area contributed by atoms with E-state index in [9.17, 15) is 0 Å². The molecule has 0 aromatic carbocycles. The van der Waals surface area contributed by atoms with E-state index in [0.717, 1.165) is 17.8 Å². The maximum absolute atomic E-state index is 6.22. The minimum atomic E-state index is 0.535. The number of nitrogens with two attached hydrogens (primary N) is 1. The van der Waals surface area contributed by atoms with Crippen molar-refractivity contribution in [2.24, 2.45) is 23.5 Å². The van der Waals surface area contributed by atoms with Gasteiger partial charge < -0.3 is 5.73 Å². The van der Waals surface area contributed by atoms with Crippen LogP contribution in [0, 0.1) is 17.8 Å². The summed E-state index contributed by atoms with van der Waals surface area (Å²) < 4.78 is 0. The fourth-order valence-electron chi connectivity index (χ4n) is 3.32. The first-order chi connectivity index (χ1) is 6.34. The molecular weight excluding hydrogens is 158 g/mol. The van der Waals surface area contributed by atoms with Crippen LogP contribution in [-0.4, -0.2) is 6.04 Å². The van der Waals surface area contributed by atoms with Gasteiger partial charge in [-0.2, -0.15) is 0 Å². The average molecular weight is 181 g/mol. The molecule has 2 aliphatic carbocycles. The van der Waals surface area contributed by atoms with E-state index in [2.05, 4.69) is 6.92 Å². The van der Waals surface area contributed by atoms with Gasteiger partial charge >= 0.3 is 0 Å². The first kappa shape index (κ1) is 9.51. The monoisotopic (exact) mass is 181 g/mol. The zero-order chi connectivity index (χ0) is 9.26. The van der Waals surface area contributed by atoms with Crippen LogP contribution in [0.1, 0.15) is 51.9 Å². The third kappa shape index (κ3) is 1.90. The van der Waals surface area contributed by atoms with Crippen LogP contribution >= 0.6 is 0 Å². The van der Waals surface area contributed by atoms with E-state index in [1.165, 1.54) is 44.9 Å². The molecule has 3 atom stereocenters. The van der Waals surface area contributed by atoms with Crippen molar-refractivity contribution in [2.75, 3.05) is 0 Å². The molecule has 0 saturated heterocycles. The van der Waals surface area contributed by atoms with Gasteiger partial charge in [0.2, 0.25) is 0 Å². The molecule has 0 radical (unpaired) electrons. The summed E-state index contributed by atoms with van der Waals surface area (Å²) >= 11 is 0. The number of hydrogen-bond donors (Lipinski definition) is 1. The van der Waals surface area contributed by atoms with Gasteiger partial charge in [0.25, 0.3) is 0 Å². The van der Waals surface area contributed by atoms with Crippen LogP contribution < -0.4 is 5.73 Å². The SMILES string of the molecule is CCCCC(N)C1C2CCCCC21. The molecule has 0 aromatic rings. The lowest BCUT2D eigenvalue weighted by atomic mass is 10.0. The summed E-state index contributed by atoms with van der Waals surface area (Å²) in [5.41, 5.74) is 6.22. The summed E-state index contributed by atoms with van der Waals surface area (Å²) in [4.78, 5) is 0. The second-order valence-corrected chi connectivity index (χ2v) is 5.00. The molecule has 2 saturated carbocycles. The Labute approximate surface area is 82.1 Å². The first-order valence-corrected chi connectivity index (χ1v) is 6.10. The van der Waals surface area contributed by atoms with Crippen LogP contribution in [0.25, 0.3) is 0 Å². The van der Waals surface area contributed by atoms with Crippen molar-refractivity contribution in [3.8, 4) is 0 Å². The van der Waals surface area contributed by atoms with Crippen molar-refractivity contribution in [1.82, 2.24) is 0 Å². The van der Waals surface area contributed by atoms with E-state index in [1.807, 2.05) is 0 Å². The molecule has 2 N–H and O–H groups in total. The number of hydrogen-bond acceptors (Lipinski definition) is 1. The topological polar surface area (TPSA) is 26.0 Å². The zero-order valence-electron chi connectivity index (χ0n) is 8.84. The van der Waals surface area contributed by atoms with Crippen molar-refractivity contribution in [3.63, 3.8) is 0 Å². The van der Waals surface area contributed by atoms with Crippen LogP contribution in [0.15, 0.2) is 0 Å². The smallest absolute Gasteiger partial charge is 0.00726 e. The van der Waals surface area contributed by atoms with Crippen molar-refractivity contribution in [2.45, 2.75) is 57.9 Å². The Morgan fingerprint density at radius 2 is 1.85 bits per heavy atom. The van der Waals surface area contributed by atoms with E-state index >= 15 is 0 Å². The Morgan fingerprint density at radius 1 is 1.23 bits per heavy atom. The fraction of sp³-hybridized carbons (Fsp3) is 1.00. The molecular formula is C12H23N. The Morgan fingerprint density at radius 3 is 2.38 bits per heavy atom. The second kappa shape index (κ2) is 4.00. The lowest BCUT2D eigenvalue weighted by molar-refractivity contribution is 0.480. The van der Waals surface area contributed by atoms with E-state index in [1.54, 1.807) is 0 Å². The predicted molar refractivity (Wildman–Crippen MR) is 56.4 cm³/mol. The van der Waals surface area contributed by atoms with Crippen LogP contribution in [0.2, 0.25) is 0 Å². The van der Waals surface area contributed by atoms with Crippen molar-refractivity contribution in [1.29, 1.82) is 0 Å². The summed E-state index contributed by atoms with van der Waals surface area (Å²) in [6.45, 7) is 2.26. The highest BCUT2D eigenvalue weighted by Gasteiger charge is 2.52. The van der Waals surface area contributed by atoms with E-state index in [4.69, 9.17) is 5.73 Å². The zero-order valence-corrected chi connectivity index (χ0v) is 8.84. The minimum Gasteiger partial charge on any atom is -0.327 e. The molecule has 0 aromatic heterocycles. The highest BCUT2D eigenvalue weighted by molar-refractivity contribution is 5.03. The molecule has 0 heterocycles. The maximum atomic E-state index is 6.22. The molecule has 76 valence electrons. The molecule has 1 nitrogen and oxygen atoms in total. The van der Waals surface area contributed by atoms with Crippen molar-refractivity contribution in [3.05, 3.63) is 0 Å². The van der Waals surface area contributed by atoms with Gasteiger partial charge in [0.05, 0.1) is 0 Å². The van der Waals surface area contributed by atoms with E-state index in [0.29, 0.717) is 6.04 Å². The largest absolute Gasteiger partial charge is 0.327 e. The predicted octanol–water partition coefficient (Wildman–Crippen LogP) is 2.94. The lowest BCUT2D eigenvalue weighted by Gasteiger charge is -2.09. The third-order valence-corrected chi connectivity index (χ3v) is 4.11. The summed E-state index contributed by atoms with van der Waals surface area (Å²) in [5.74, 6) is 3.01. The minimum absolute atomic E-state index is 0.535. The normalized spacial score (nSPS) is 39.7. The third-order valence-electron chi connectivity index (χ3n) is 4.11. The molecule has 2 rings (SSSR count). The van der Waals surface area contributed by atoms with E-state index < -0.39 is 0 Å². The number of rotatable bonds is 4. The van der Waals surface area contributed by atoms with Crippen LogP contribution in [0.4, 0.5) is 0 Å². The molecule has 0 spiro atoms. The van der Waals surface area contributed by atoms with Crippen LogP contribution in [-0.2, 0) is 0 Å². The molecule has 0 aliphatic heterocycles. The van der Waals surface area contributed by atoms with Gasteiger partial charge in [-0.25, -0.2) is 0 Å². The van der Waals surface area contributed by atoms with Gasteiger partial charge in [0, 0.05) is 6.04 Å². The standard InChI is InChI=1S/C12H23N/c1-2-3-8-11(13)12-9-6-4-5-7-10(9)12/h9-12H,2-8,13H2,1H3. The molecule has 2 fully saturated rings. The number of unbranched alkanes of at least 4 members (excludes halogenated alkanes) is 1. The van der Waals surface area contributed by atoms with Crippen molar-refractivity contribution < 1.29 is 0 Å². The Kier molecular flexibility index (Phi) is 2.92. The fourth-order valence-corrected chi connectivity index (χ4v) is 3.32. The average Bonchev–Trinajstić information content (AvgIpc) is 2.88. The number of fused-ring (bicyclic) bond motifs is 1. The molecule has 0 bridgehead atoms. The van der Waals surface area contributed by atoms with Gasteiger partial charge in [-0.1, -0.05) is 32.6 Å². The second-order valence-electron chi connectivity index (χ2n) is 5.00. The molecule has 2 aliphatic rings. The molecule has 3 unspecified atom stereocenters. The highest BCUT2D eigenvalue weighted by Crippen LogP contribution is 2.57. The van der Waals surface area contributed by atoms with Crippen LogP contribution in [0.3, 0.4) is 0 Å². The van der Waals surface area contributed by atoms with Gasteiger partial charge in [-0.05, 0) is 37.0 Å². The summed E-state index contributed by atoms with van der Waals surface area (Å²) in [5, 5.41) is 0. The lowest BCUT2D eigenvalue weighted by Crippen LogP contribution is -2.23. The van der Waals surface area contributed by atoms with Crippen molar-refractivity contribution >= 4 is 0 Å². The van der Waals surface area contributed by atoms with Gasteiger partial charge in [0.1, 0.15) is 0 Å². The summed E-state index contributed by atoms with van der Waals surface area (Å²) in [7, 11) is 0. The van der Waals surface area contributed by atoms with Gasteiger partial charge in [0.15, 0.2) is 0 Å². The molecule has 1 heteroatoms. The quantitative estimate of drug-likeness (QED) is 0.709. The first-order valence-electron chi connectivity index (χ1n) is 6.10.